The number of rotatable bonds is 10. The van der Waals surface area contributed by atoms with Crippen LogP contribution >= 0.6 is 0 Å². The van der Waals surface area contributed by atoms with Gasteiger partial charge in [0.05, 0.1) is 12.5 Å². The minimum Gasteiger partial charge on any atom is -0.481 e. The molecule has 0 spiro atoms. The van der Waals surface area contributed by atoms with E-state index in [2.05, 4.69) is 0 Å². The largest absolute Gasteiger partial charge is 0.481 e. The molecule has 0 fully saturated rings. The standard InChI is InChI=1S/C11H23NO4/c1-10(11(13)14)9-12(2)5-8-16-7-4-6-15-3/h10H,4-9H2,1-3H3,(H,13,14). The number of ether oxygens (including phenoxy) is 2. The van der Waals surface area contributed by atoms with E-state index in [0.29, 0.717) is 26.4 Å². The van der Waals surface area contributed by atoms with E-state index in [-0.39, 0.29) is 5.92 Å². The Morgan fingerprint density at radius 2 is 2.06 bits per heavy atom. The first-order chi connectivity index (χ1) is 7.57. The predicted octanol–water partition coefficient (Wildman–Crippen LogP) is 0.692. The number of carboxylic acid groups (broad SMARTS) is 1. The summed E-state index contributed by atoms with van der Waals surface area (Å²) in [5, 5.41) is 8.73. The Hall–Kier alpha value is -0.650. The fourth-order valence-corrected chi connectivity index (χ4v) is 1.26. The quantitative estimate of drug-likeness (QED) is 0.563. The number of nitrogens with zero attached hydrogens (tertiary/aromatic N) is 1. The van der Waals surface area contributed by atoms with Gasteiger partial charge in [-0.2, -0.15) is 0 Å². The fourth-order valence-electron chi connectivity index (χ4n) is 1.26. The second kappa shape index (κ2) is 9.57. The molecule has 0 bridgehead atoms. The van der Waals surface area contributed by atoms with Crippen LogP contribution in [0.15, 0.2) is 0 Å². The van der Waals surface area contributed by atoms with Gasteiger partial charge in [-0.25, -0.2) is 0 Å². The summed E-state index contributed by atoms with van der Waals surface area (Å²) in [6.45, 7) is 5.05. The van der Waals surface area contributed by atoms with Gasteiger partial charge in [-0.15, -0.1) is 0 Å². The first-order valence-corrected chi connectivity index (χ1v) is 5.56. The lowest BCUT2D eigenvalue weighted by atomic mass is 10.2. The highest BCUT2D eigenvalue weighted by Gasteiger charge is 2.12. The lowest BCUT2D eigenvalue weighted by molar-refractivity contribution is -0.141. The number of carbonyl (C=O) groups is 1. The summed E-state index contributed by atoms with van der Waals surface area (Å²) in [5.41, 5.74) is 0. The van der Waals surface area contributed by atoms with E-state index in [1.165, 1.54) is 0 Å². The number of carboxylic acids is 1. The van der Waals surface area contributed by atoms with Crippen LogP contribution in [-0.2, 0) is 14.3 Å². The molecule has 96 valence electrons. The second-order valence-corrected chi connectivity index (χ2v) is 3.96. The number of aliphatic carboxylic acids is 1. The van der Waals surface area contributed by atoms with Crippen LogP contribution in [0.5, 0.6) is 0 Å². The Bertz CT molecular complexity index is 187. The molecule has 1 atom stereocenters. The van der Waals surface area contributed by atoms with Crippen molar-refractivity contribution in [3.05, 3.63) is 0 Å². The summed E-state index contributed by atoms with van der Waals surface area (Å²) >= 11 is 0. The molecule has 5 heteroatoms. The molecule has 0 aromatic rings. The van der Waals surface area contributed by atoms with Crippen LogP contribution in [0, 0.1) is 5.92 Å². The van der Waals surface area contributed by atoms with E-state index in [4.69, 9.17) is 14.6 Å². The minimum absolute atomic E-state index is 0.335. The van der Waals surface area contributed by atoms with Crippen LogP contribution in [0.1, 0.15) is 13.3 Å². The summed E-state index contributed by atoms with van der Waals surface area (Å²) in [4.78, 5) is 12.6. The summed E-state index contributed by atoms with van der Waals surface area (Å²) in [6.07, 6.45) is 0.895. The first kappa shape index (κ1) is 15.3. The molecule has 0 radical (unpaired) electrons. The van der Waals surface area contributed by atoms with Crippen molar-refractivity contribution in [3.8, 4) is 0 Å². The van der Waals surface area contributed by atoms with E-state index in [1.807, 2.05) is 11.9 Å². The maximum atomic E-state index is 10.6. The molecule has 1 unspecified atom stereocenters. The lowest BCUT2D eigenvalue weighted by Crippen LogP contribution is -2.31. The SMILES string of the molecule is COCCCOCCN(C)CC(C)C(=O)O. The zero-order valence-corrected chi connectivity index (χ0v) is 10.4. The summed E-state index contributed by atoms with van der Waals surface area (Å²) in [7, 11) is 3.57. The van der Waals surface area contributed by atoms with Crippen molar-refractivity contribution in [1.29, 1.82) is 0 Å². The average molecular weight is 233 g/mol. The number of methoxy groups -OCH3 is 1. The van der Waals surface area contributed by atoms with Gasteiger partial charge >= 0.3 is 5.97 Å². The van der Waals surface area contributed by atoms with Crippen LogP contribution in [0.3, 0.4) is 0 Å². The molecule has 0 saturated carbocycles. The molecule has 16 heavy (non-hydrogen) atoms. The van der Waals surface area contributed by atoms with E-state index in [9.17, 15) is 4.79 Å². The molecule has 0 aliphatic rings. The van der Waals surface area contributed by atoms with Crippen molar-refractivity contribution in [2.24, 2.45) is 5.92 Å². The molecule has 0 heterocycles. The minimum atomic E-state index is -0.757. The topological polar surface area (TPSA) is 59.0 Å². The van der Waals surface area contributed by atoms with Gasteiger partial charge in [0.1, 0.15) is 0 Å². The highest BCUT2D eigenvalue weighted by molar-refractivity contribution is 5.69. The van der Waals surface area contributed by atoms with Gasteiger partial charge in [0.2, 0.25) is 0 Å². The van der Waals surface area contributed by atoms with Crippen molar-refractivity contribution >= 4 is 5.97 Å². The van der Waals surface area contributed by atoms with E-state index in [1.54, 1.807) is 14.0 Å². The Morgan fingerprint density at radius 3 is 2.62 bits per heavy atom. The maximum absolute atomic E-state index is 10.6. The van der Waals surface area contributed by atoms with Crippen molar-refractivity contribution < 1.29 is 19.4 Å². The van der Waals surface area contributed by atoms with Crippen LogP contribution in [0.4, 0.5) is 0 Å². The van der Waals surface area contributed by atoms with E-state index < -0.39 is 5.97 Å². The molecule has 0 amide bonds. The van der Waals surface area contributed by atoms with Gasteiger partial charge in [-0.1, -0.05) is 6.92 Å². The highest BCUT2D eigenvalue weighted by Crippen LogP contribution is 1.97. The third-order valence-electron chi connectivity index (χ3n) is 2.26. The third-order valence-corrected chi connectivity index (χ3v) is 2.26. The Kier molecular flexibility index (Phi) is 9.18. The van der Waals surface area contributed by atoms with Crippen molar-refractivity contribution in [3.63, 3.8) is 0 Å². The Morgan fingerprint density at radius 1 is 1.38 bits per heavy atom. The van der Waals surface area contributed by atoms with Gasteiger partial charge < -0.3 is 19.5 Å². The first-order valence-electron chi connectivity index (χ1n) is 5.56. The van der Waals surface area contributed by atoms with Gasteiger partial charge in [0.25, 0.3) is 0 Å². The lowest BCUT2D eigenvalue weighted by Gasteiger charge is -2.18. The second-order valence-electron chi connectivity index (χ2n) is 3.96. The van der Waals surface area contributed by atoms with Crippen LogP contribution in [0.25, 0.3) is 0 Å². The number of hydrogen-bond acceptors (Lipinski definition) is 4. The molecule has 0 rings (SSSR count). The van der Waals surface area contributed by atoms with Crippen molar-refractivity contribution in [2.45, 2.75) is 13.3 Å². The molecule has 1 N–H and O–H groups in total. The van der Waals surface area contributed by atoms with Crippen molar-refractivity contribution in [2.75, 3.05) is 47.1 Å². The molecule has 0 aromatic heterocycles. The summed E-state index contributed by atoms with van der Waals surface area (Å²) < 4.78 is 10.3. The molecular formula is C11H23NO4. The zero-order valence-electron chi connectivity index (χ0n) is 10.4. The van der Waals surface area contributed by atoms with E-state index in [0.717, 1.165) is 13.0 Å². The zero-order chi connectivity index (χ0) is 12.4. The molecular weight excluding hydrogens is 210 g/mol. The van der Waals surface area contributed by atoms with Gasteiger partial charge in [0, 0.05) is 33.4 Å². The Balaban J connectivity index is 3.36. The summed E-state index contributed by atoms with van der Waals surface area (Å²) in [5.74, 6) is -1.09. The fraction of sp³-hybridized carbons (Fsp3) is 0.909. The van der Waals surface area contributed by atoms with Crippen molar-refractivity contribution in [1.82, 2.24) is 4.90 Å². The monoisotopic (exact) mass is 233 g/mol. The predicted molar refractivity (Wildman–Crippen MR) is 61.6 cm³/mol. The average Bonchev–Trinajstić information content (AvgIpc) is 2.23. The molecule has 0 aromatic carbocycles. The van der Waals surface area contributed by atoms with Gasteiger partial charge in [-0.05, 0) is 13.5 Å². The molecule has 5 nitrogen and oxygen atoms in total. The molecule has 0 saturated heterocycles. The van der Waals surface area contributed by atoms with Crippen LogP contribution in [-0.4, -0.2) is 63.0 Å². The number of likely N-dealkylation sites (N-methyl/N-ethyl adjacent to an activating group) is 1. The molecule has 0 aliphatic heterocycles. The maximum Gasteiger partial charge on any atom is 0.307 e. The number of hydrogen-bond donors (Lipinski definition) is 1. The highest BCUT2D eigenvalue weighted by atomic mass is 16.5. The smallest absolute Gasteiger partial charge is 0.307 e. The van der Waals surface area contributed by atoms with Crippen LogP contribution in [0.2, 0.25) is 0 Å². The Labute approximate surface area is 97.3 Å². The van der Waals surface area contributed by atoms with Gasteiger partial charge in [0.15, 0.2) is 0 Å². The van der Waals surface area contributed by atoms with Crippen LogP contribution < -0.4 is 0 Å². The summed E-state index contributed by atoms with van der Waals surface area (Å²) in [6, 6.07) is 0. The molecule has 0 aliphatic carbocycles. The van der Waals surface area contributed by atoms with E-state index >= 15 is 0 Å². The third kappa shape index (κ3) is 8.64. The van der Waals surface area contributed by atoms with Gasteiger partial charge in [-0.3, -0.25) is 4.79 Å². The normalized spacial score (nSPS) is 13.0.